The van der Waals surface area contributed by atoms with Crippen molar-refractivity contribution in [2.75, 3.05) is 0 Å². The molecule has 0 atom stereocenters. The summed E-state index contributed by atoms with van der Waals surface area (Å²) in [5, 5.41) is 1.28. The van der Waals surface area contributed by atoms with Crippen LogP contribution in [0.15, 0.2) is 36.5 Å². The molecule has 1 nitrogen and oxygen atoms in total. The zero-order valence-electron chi connectivity index (χ0n) is 13.5. The maximum absolute atomic E-state index is 12.9. The third kappa shape index (κ3) is 3.40. The lowest BCUT2D eigenvalue weighted by atomic mass is 10.0. The number of aryl methyl sites for hydroxylation is 2. The van der Waals surface area contributed by atoms with Crippen molar-refractivity contribution in [2.24, 2.45) is 7.05 Å². The van der Waals surface area contributed by atoms with E-state index in [1.165, 1.54) is 17.3 Å². The van der Waals surface area contributed by atoms with Gasteiger partial charge in [0.25, 0.3) is 0 Å². The van der Waals surface area contributed by atoms with Gasteiger partial charge in [-0.3, -0.25) is 0 Å². The second-order valence-corrected chi connectivity index (χ2v) is 11.8. The summed E-state index contributed by atoms with van der Waals surface area (Å²) < 4.78 is 40.7. The lowest BCUT2D eigenvalue weighted by Crippen LogP contribution is -2.45. The van der Waals surface area contributed by atoms with Gasteiger partial charge < -0.3 is 0 Å². The highest BCUT2D eigenvalue weighted by Gasteiger charge is 2.31. The first kappa shape index (κ1) is 16.7. The Morgan fingerprint density at radius 2 is 1.64 bits per heavy atom. The molecule has 1 aromatic carbocycles. The molecule has 0 fully saturated rings. The van der Waals surface area contributed by atoms with Crippen LogP contribution in [0.4, 0.5) is 13.2 Å². The van der Waals surface area contributed by atoms with E-state index >= 15 is 0 Å². The zero-order chi connectivity index (χ0) is 16.7. The summed E-state index contributed by atoms with van der Waals surface area (Å²) in [5.74, 6) is 0. The lowest BCUT2D eigenvalue weighted by Gasteiger charge is -2.16. The molecule has 2 aromatic rings. The molecule has 0 N–H and O–H groups in total. The Labute approximate surface area is 130 Å². The molecule has 0 amide bonds. The van der Waals surface area contributed by atoms with Crippen LogP contribution in [0.2, 0.25) is 19.6 Å². The van der Waals surface area contributed by atoms with Crippen LogP contribution in [-0.2, 0) is 13.2 Å². The van der Waals surface area contributed by atoms with Gasteiger partial charge in [-0.05, 0) is 24.6 Å². The third-order valence-electron chi connectivity index (χ3n) is 3.84. The van der Waals surface area contributed by atoms with Gasteiger partial charge in [0.1, 0.15) is 7.05 Å². The minimum atomic E-state index is -4.32. The summed E-state index contributed by atoms with van der Waals surface area (Å²) in [6.45, 7) is 8.58. The SMILES string of the molecule is Cc1ccc(C(F)(F)F)cc1-c1ccc([Si](C)(C)C)c[n+]1C. The van der Waals surface area contributed by atoms with Crippen LogP contribution in [0.25, 0.3) is 11.3 Å². The lowest BCUT2D eigenvalue weighted by molar-refractivity contribution is -0.659. The standard InChI is InChI=1S/C17H21F3NSi/c1-12-6-7-13(17(18,19)20)10-15(12)16-9-8-14(11-21(16)2)22(3,4)5/h6-11H,1-5H3/q+1. The Morgan fingerprint density at radius 1 is 1.00 bits per heavy atom. The molecule has 1 heterocycles. The van der Waals surface area contributed by atoms with Gasteiger partial charge in [-0.2, -0.15) is 13.2 Å². The van der Waals surface area contributed by atoms with Crippen molar-refractivity contribution in [3.8, 4) is 11.3 Å². The number of pyridine rings is 1. The first-order valence-electron chi connectivity index (χ1n) is 7.18. The van der Waals surface area contributed by atoms with E-state index in [2.05, 4.69) is 19.6 Å². The number of alkyl halides is 3. The number of hydrogen-bond donors (Lipinski definition) is 0. The molecule has 5 heteroatoms. The summed E-state index contributed by atoms with van der Waals surface area (Å²) in [6.07, 6.45) is -2.28. The Hall–Kier alpha value is -1.62. The van der Waals surface area contributed by atoms with E-state index in [-0.39, 0.29) is 0 Å². The normalized spacial score (nSPS) is 12.5. The highest BCUT2D eigenvalue weighted by molar-refractivity contribution is 6.88. The predicted molar refractivity (Wildman–Crippen MR) is 85.8 cm³/mol. The molecule has 2 rings (SSSR count). The van der Waals surface area contributed by atoms with E-state index in [0.29, 0.717) is 5.56 Å². The largest absolute Gasteiger partial charge is 0.416 e. The first-order chi connectivity index (χ1) is 10.00. The molecule has 1 aromatic heterocycles. The van der Waals surface area contributed by atoms with E-state index in [9.17, 15) is 13.2 Å². The molecule has 0 aliphatic carbocycles. The maximum Gasteiger partial charge on any atom is 0.416 e. The Balaban J connectivity index is 2.57. The van der Waals surface area contributed by atoms with Gasteiger partial charge in [0.2, 0.25) is 5.69 Å². The van der Waals surface area contributed by atoms with Crippen LogP contribution >= 0.6 is 0 Å². The average Bonchev–Trinajstić information content (AvgIpc) is 2.37. The molecule has 0 aliphatic heterocycles. The van der Waals surface area contributed by atoms with Gasteiger partial charge in [0, 0.05) is 16.8 Å². The minimum absolute atomic E-state index is 0.609. The van der Waals surface area contributed by atoms with Gasteiger partial charge in [0.15, 0.2) is 6.20 Å². The second-order valence-electron chi connectivity index (χ2n) is 6.69. The van der Waals surface area contributed by atoms with Gasteiger partial charge in [-0.25, -0.2) is 4.57 Å². The molecule has 0 aliphatic rings. The summed E-state index contributed by atoms with van der Waals surface area (Å²) in [6, 6.07) is 7.87. The highest BCUT2D eigenvalue weighted by Crippen LogP contribution is 2.32. The summed E-state index contributed by atoms with van der Waals surface area (Å²) in [5.41, 5.74) is 1.65. The molecule has 0 unspecified atom stereocenters. The Bertz CT molecular complexity index is 700. The second kappa shape index (κ2) is 5.54. The van der Waals surface area contributed by atoms with Gasteiger partial charge >= 0.3 is 6.18 Å². The molecule has 0 saturated carbocycles. The maximum atomic E-state index is 12.9. The minimum Gasteiger partial charge on any atom is -0.201 e. The Kier molecular flexibility index (Phi) is 4.21. The highest BCUT2D eigenvalue weighted by atomic mass is 28.3. The fourth-order valence-corrected chi connectivity index (χ4v) is 3.57. The summed E-state index contributed by atoms with van der Waals surface area (Å²) in [7, 11) is 0.444. The van der Waals surface area contributed by atoms with Crippen LogP contribution in [-0.4, -0.2) is 8.07 Å². The van der Waals surface area contributed by atoms with Crippen molar-refractivity contribution in [3.05, 3.63) is 47.7 Å². The number of rotatable bonds is 2. The van der Waals surface area contributed by atoms with Crippen molar-refractivity contribution < 1.29 is 17.7 Å². The number of halogens is 3. The van der Waals surface area contributed by atoms with Crippen LogP contribution in [0, 0.1) is 6.92 Å². The monoisotopic (exact) mass is 324 g/mol. The molecule has 0 saturated heterocycles. The van der Waals surface area contributed by atoms with Crippen molar-refractivity contribution in [2.45, 2.75) is 32.7 Å². The third-order valence-corrected chi connectivity index (χ3v) is 5.87. The topological polar surface area (TPSA) is 3.88 Å². The van der Waals surface area contributed by atoms with E-state index in [4.69, 9.17) is 0 Å². The van der Waals surface area contributed by atoms with Gasteiger partial charge in [-0.1, -0.05) is 31.8 Å². The number of hydrogen-bond acceptors (Lipinski definition) is 0. The van der Waals surface area contributed by atoms with Gasteiger partial charge in [0.05, 0.1) is 13.6 Å². The fourth-order valence-electron chi connectivity index (χ4n) is 2.41. The quantitative estimate of drug-likeness (QED) is 0.579. The van der Waals surface area contributed by atoms with E-state index < -0.39 is 19.8 Å². The molecule has 118 valence electrons. The Morgan fingerprint density at radius 3 is 2.14 bits per heavy atom. The first-order valence-corrected chi connectivity index (χ1v) is 10.7. The van der Waals surface area contributed by atoms with Crippen LogP contribution in [0.5, 0.6) is 0 Å². The van der Waals surface area contributed by atoms with E-state index in [1.54, 1.807) is 0 Å². The molecular formula is C17H21F3NSi+. The van der Waals surface area contributed by atoms with Gasteiger partial charge in [-0.15, -0.1) is 0 Å². The molecule has 0 radical (unpaired) electrons. The van der Waals surface area contributed by atoms with Crippen molar-refractivity contribution in [3.63, 3.8) is 0 Å². The van der Waals surface area contributed by atoms with Crippen molar-refractivity contribution in [1.82, 2.24) is 0 Å². The number of aromatic nitrogens is 1. The zero-order valence-corrected chi connectivity index (χ0v) is 14.5. The fraction of sp³-hybridized carbons (Fsp3) is 0.353. The predicted octanol–water partition coefficient (Wildman–Crippen LogP) is 4.05. The number of benzene rings is 1. The molecule has 0 bridgehead atoms. The van der Waals surface area contributed by atoms with E-state index in [0.717, 1.165) is 17.3 Å². The van der Waals surface area contributed by atoms with Crippen LogP contribution < -0.4 is 9.75 Å². The molecule has 22 heavy (non-hydrogen) atoms. The van der Waals surface area contributed by atoms with Crippen LogP contribution in [0.3, 0.4) is 0 Å². The molecule has 0 spiro atoms. The summed E-state index contributed by atoms with van der Waals surface area (Å²) >= 11 is 0. The number of nitrogens with zero attached hydrogens (tertiary/aromatic N) is 1. The smallest absolute Gasteiger partial charge is 0.201 e. The van der Waals surface area contributed by atoms with Crippen LogP contribution in [0.1, 0.15) is 11.1 Å². The molecular weight excluding hydrogens is 303 g/mol. The summed E-state index contributed by atoms with van der Waals surface area (Å²) in [4.78, 5) is 0. The average molecular weight is 324 g/mol. The van der Waals surface area contributed by atoms with Crippen molar-refractivity contribution >= 4 is 13.3 Å². The van der Waals surface area contributed by atoms with Crippen molar-refractivity contribution in [1.29, 1.82) is 0 Å². The van der Waals surface area contributed by atoms with E-state index in [1.807, 2.05) is 36.9 Å².